The molecule has 0 spiro atoms. The molecule has 0 unspecified atom stereocenters. The number of ether oxygens (including phenoxy) is 2. The predicted octanol–water partition coefficient (Wildman–Crippen LogP) is 4.81. The fourth-order valence-electron chi connectivity index (χ4n) is 3.11. The van der Waals surface area contributed by atoms with E-state index in [-0.39, 0.29) is 0 Å². The van der Waals surface area contributed by atoms with E-state index in [1.165, 1.54) is 0 Å². The molecule has 0 amide bonds. The van der Waals surface area contributed by atoms with Gasteiger partial charge < -0.3 is 9.47 Å². The molecular formula is C19H22ClN3O2. The fraction of sp³-hybridized carbons (Fsp3) is 0.368. The molecule has 6 heteroatoms. The highest BCUT2D eigenvalue weighted by atomic mass is 35.5. The van der Waals surface area contributed by atoms with E-state index in [1.807, 2.05) is 18.2 Å². The molecule has 0 radical (unpaired) electrons. The van der Waals surface area contributed by atoms with Gasteiger partial charge in [-0.2, -0.15) is 5.10 Å². The van der Waals surface area contributed by atoms with Crippen molar-refractivity contribution in [3.05, 3.63) is 34.5 Å². The molecule has 25 heavy (non-hydrogen) atoms. The van der Waals surface area contributed by atoms with Crippen LogP contribution in [-0.4, -0.2) is 29.4 Å². The highest BCUT2D eigenvalue weighted by molar-refractivity contribution is 6.35. The van der Waals surface area contributed by atoms with Crippen molar-refractivity contribution in [2.45, 2.75) is 33.1 Å². The number of methoxy groups -OCH3 is 2. The van der Waals surface area contributed by atoms with Crippen LogP contribution in [0.25, 0.3) is 22.3 Å². The van der Waals surface area contributed by atoms with E-state index in [0.717, 1.165) is 58.6 Å². The molecule has 0 aliphatic rings. The second kappa shape index (κ2) is 7.31. The van der Waals surface area contributed by atoms with Crippen LogP contribution in [0.5, 0.6) is 11.5 Å². The number of aromatic nitrogens is 3. The highest BCUT2D eigenvalue weighted by Gasteiger charge is 2.21. The van der Waals surface area contributed by atoms with Crippen molar-refractivity contribution < 1.29 is 9.47 Å². The Morgan fingerprint density at radius 1 is 1.12 bits per heavy atom. The number of benzene rings is 1. The topological polar surface area (TPSA) is 60.0 Å². The van der Waals surface area contributed by atoms with Crippen LogP contribution < -0.4 is 9.47 Å². The van der Waals surface area contributed by atoms with Gasteiger partial charge in [0.25, 0.3) is 0 Å². The summed E-state index contributed by atoms with van der Waals surface area (Å²) in [4.78, 5) is 4.76. The van der Waals surface area contributed by atoms with E-state index >= 15 is 0 Å². The van der Waals surface area contributed by atoms with Crippen LogP contribution in [0.2, 0.25) is 5.02 Å². The lowest BCUT2D eigenvalue weighted by molar-refractivity contribution is 0.391. The number of hydrogen-bond acceptors (Lipinski definition) is 4. The number of pyridine rings is 1. The maximum Gasteiger partial charge on any atom is 0.156 e. The Bertz CT molecular complexity index is 905. The van der Waals surface area contributed by atoms with E-state index in [1.54, 1.807) is 14.2 Å². The molecule has 0 bridgehead atoms. The Hall–Kier alpha value is -2.27. The van der Waals surface area contributed by atoms with Crippen LogP contribution >= 0.6 is 11.6 Å². The number of nitrogens with zero attached hydrogens (tertiary/aromatic N) is 2. The summed E-state index contributed by atoms with van der Waals surface area (Å²) >= 11 is 6.65. The molecule has 0 atom stereocenters. The summed E-state index contributed by atoms with van der Waals surface area (Å²) < 4.78 is 11.0. The molecule has 1 aromatic carbocycles. The Balaban J connectivity index is 2.27. The van der Waals surface area contributed by atoms with Crippen molar-refractivity contribution in [1.29, 1.82) is 0 Å². The minimum absolute atomic E-state index is 0.550. The fourth-order valence-corrected chi connectivity index (χ4v) is 3.45. The first-order valence-corrected chi connectivity index (χ1v) is 8.80. The van der Waals surface area contributed by atoms with Crippen LogP contribution in [0.4, 0.5) is 0 Å². The Morgan fingerprint density at radius 3 is 2.52 bits per heavy atom. The third kappa shape index (κ3) is 3.04. The van der Waals surface area contributed by atoms with Gasteiger partial charge >= 0.3 is 0 Å². The molecule has 1 N–H and O–H groups in total. The number of nitrogens with one attached hydrogen (secondary N) is 1. The molecule has 0 aliphatic heterocycles. The first kappa shape index (κ1) is 17.5. The van der Waals surface area contributed by atoms with Gasteiger partial charge in [-0.15, -0.1) is 0 Å². The van der Waals surface area contributed by atoms with E-state index < -0.39 is 0 Å². The van der Waals surface area contributed by atoms with Gasteiger partial charge in [0.1, 0.15) is 11.5 Å². The van der Waals surface area contributed by atoms with Gasteiger partial charge in [-0.05, 0) is 25.0 Å². The van der Waals surface area contributed by atoms with Gasteiger partial charge in [0.05, 0.1) is 30.6 Å². The zero-order chi connectivity index (χ0) is 18.0. The average Bonchev–Trinajstić information content (AvgIpc) is 3.04. The van der Waals surface area contributed by atoms with E-state index in [2.05, 4.69) is 24.0 Å². The second-order valence-electron chi connectivity index (χ2n) is 5.82. The number of rotatable bonds is 6. The van der Waals surface area contributed by atoms with Gasteiger partial charge in [0.2, 0.25) is 0 Å². The predicted molar refractivity (Wildman–Crippen MR) is 101 cm³/mol. The minimum atomic E-state index is 0.550. The highest BCUT2D eigenvalue weighted by Crippen LogP contribution is 2.43. The van der Waals surface area contributed by atoms with Crippen LogP contribution in [-0.2, 0) is 12.8 Å². The third-order valence-electron chi connectivity index (χ3n) is 4.33. The monoisotopic (exact) mass is 359 g/mol. The largest absolute Gasteiger partial charge is 0.496 e. The molecule has 0 aliphatic carbocycles. The van der Waals surface area contributed by atoms with Crippen molar-refractivity contribution in [2.24, 2.45) is 0 Å². The molecule has 0 saturated carbocycles. The third-order valence-corrected chi connectivity index (χ3v) is 4.71. The summed E-state index contributed by atoms with van der Waals surface area (Å²) in [6.45, 7) is 4.20. The van der Waals surface area contributed by atoms with Crippen LogP contribution in [0.3, 0.4) is 0 Å². The zero-order valence-electron chi connectivity index (χ0n) is 14.9. The number of H-pyrrole nitrogens is 1. The van der Waals surface area contributed by atoms with E-state index in [0.29, 0.717) is 10.8 Å². The SMILES string of the molecule is CCCc1c(OC)cc(OC)c(Cl)c1-c1ccc2c(CC)n[nH]c2n1. The van der Waals surface area contributed by atoms with Crippen molar-refractivity contribution >= 4 is 22.6 Å². The van der Waals surface area contributed by atoms with Gasteiger partial charge in [-0.25, -0.2) is 4.98 Å². The minimum Gasteiger partial charge on any atom is -0.496 e. The lowest BCUT2D eigenvalue weighted by Crippen LogP contribution is -2.00. The quantitative estimate of drug-likeness (QED) is 0.686. The molecule has 3 aromatic rings. The molecule has 2 aromatic heterocycles. The van der Waals surface area contributed by atoms with Crippen LogP contribution in [0.15, 0.2) is 18.2 Å². The van der Waals surface area contributed by atoms with Crippen molar-refractivity contribution in [2.75, 3.05) is 14.2 Å². The summed E-state index contributed by atoms with van der Waals surface area (Å²) in [5.41, 5.74) is 4.45. The number of aryl methyl sites for hydroxylation is 1. The smallest absolute Gasteiger partial charge is 0.156 e. The molecule has 132 valence electrons. The van der Waals surface area contributed by atoms with Gasteiger partial charge in [0, 0.05) is 22.6 Å². The second-order valence-corrected chi connectivity index (χ2v) is 6.19. The van der Waals surface area contributed by atoms with Crippen molar-refractivity contribution in [1.82, 2.24) is 15.2 Å². The number of hydrogen-bond donors (Lipinski definition) is 1. The first-order chi connectivity index (χ1) is 12.1. The summed E-state index contributed by atoms with van der Waals surface area (Å²) in [6, 6.07) is 5.86. The van der Waals surface area contributed by atoms with Gasteiger partial charge in [-0.3, -0.25) is 5.10 Å². The first-order valence-electron chi connectivity index (χ1n) is 8.42. The molecule has 2 heterocycles. The number of aromatic amines is 1. The lowest BCUT2D eigenvalue weighted by atomic mass is 9.98. The van der Waals surface area contributed by atoms with Gasteiger partial charge in [0.15, 0.2) is 5.65 Å². The number of fused-ring (bicyclic) bond motifs is 1. The van der Waals surface area contributed by atoms with Crippen molar-refractivity contribution in [3.63, 3.8) is 0 Å². The standard InChI is InChI=1S/C19H22ClN3O2/c1-5-7-12-15(24-3)10-16(25-4)18(20)17(12)14-9-8-11-13(6-2)22-23-19(11)21-14/h8-10H,5-7H2,1-4H3,(H,21,22,23). The summed E-state index contributed by atoms with van der Waals surface area (Å²) in [7, 11) is 3.26. The van der Waals surface area contributed by atoms with Gasteiger partial charge in [-0.1, -0.05) is 31.9 Å². The maximum absolute atomic E-state index is 6.65. The Morgan fingerprint density at radius 2 is 1.88 bits per heavy atom. The normalized spacial score (nSPS) is 11.1. The van der Waals surface area contributed by atoms with Crippen molar-refractivity contribution in [3.8, 4) is 22.8 Å². The van der Waals surface area contributed by atoms with Crippen LogP contribution in [0, 0.1) is 0 Å². The van der Waals surface area contributed by atoms with Crippen LogP contribution in [0.1, 0.15) is 31.5 Å². The Kier molecular flexibility index (Phi) is 5.13. The summed E-state index contributed by atoms with van der Waals surface area (Å²) in [6.07, 6.45) is 2.67. The maximum atomic E-state index is 6.65. The van der Waals surface area contributed by atoms with E-state index in [4.69, 9.17) is 26.1 Å². The summed E-state index contributed by atoms with van der Waals surface area (Å²) in [5.74, 6) is 1.34. The lowest BCUT2D eigenvalue weighted by Gasteiger charge is -2.17. The molecular weight excluding hydrogens is 338 g/mol. The molecule has 3 rings (SSSR count). The molecule has 5 nitrogen and oxygen atoms in total. The van der Waals surface area contributed by atoms with E-state index in [9.17, 15) is 0 Å². The average molecular weight is 360 g/mol. The molecule has 0 fully saturated rings. The molecule has 0 saturated heterocycles. The Labute approximate surface area is 152 Å². The summed E-state index contributed by atoms with van der Waals surface area (Å²) in [5, 5.41) is 8.92. The number of halogens is 1. The zero-order valence-corrected chi connectivity index (χ0v) is 15.7.